The van der Waals surface area contributed by atoms with E-state index in [9.17, 15) is 0 Å². The fourth-order valence-electron chi connectivity index (χ4n) is 1.60. The van der Waals surface area contributed by atoms with Crippen LogP contribution < -0.4 is 4.90 Å². The van der Waals surface area contributed by atoms with Gasteiger partial charge in [0.25, 0.3) is 0 Å². The van der Waals surface area contributed by atoms with Gasteiger partial charge in [-0.1, -0.05) is 6.42 Å². The van der Waals surface area contributed by atoms with Crippen LogP contribution in [0, 0.1) is 0 Å². The van der Waals surface area contributed by atoms with E-state index in [0.29, 0.717) is 5.92 Å². The molecule has 0 amide bonds. The number of hydrogen-bond donors (Lipinski definition) is 1. The molecule has 0 spiro atoms. The maximum Gasteiger partial charge on any atom is 0.164 e. The van der Waals surface area contributed by atoms with Gasteiger partial charge in [0.1, 0.15) is 0 Å². The second-order valence-corrected chi connectivity index (χ2v) is 4.59. The van der Waals surface area contributed by atoms with Crippen LogP contribution in [0.4, 0.5) is 5.82 Å². The highest BCUT2D eigenvalue weighted by Gasteiger charge is 2.25. The van der Waals surface area contributed by atoms with Crippen LogP contribution in [0.2, 0.25) is 0 Å². The Labute approximate surface area is 86.6 Å². The van der Waals surface area contributed by atoms with E-state index >= 15 is 0 Å². The minimum Gasteiger partial charge on any atom is -0.360 e. The van der Waals surface area contributed by atoms with Crippen LogP contribution in [0.5, 0.6) is 0 Å². The molecule has 0 saturated heterocycles. The molecule has 1 aromatic rings. The molecule has 1 fully saturated rings. The Morgan fingerprint density at radius 1 is 1.46 bits per heavy atom. The first-order valence-electron chi connectivity index (χ1n) is 4.61. The zero-order valence-electron chi connectivity index (χ0n) is 7.97. The van der Waals surface area contributed by atoms with Gasteiger partial charge >= 0.3 is 0 Å². The van der Waals surface area contributed by atoms with E-state index in [2.05, 4.69) is 26.1 Å². The van der Waals surface area contributed by atoms with Crippen molar-refractivity contribution in [3.8, 4) is 0 Å². The number of hydrogen-bond acceptors (Lipinski definition) is 2. The molecule has 72 valence electrons. The summed E-state index contributed by atoms with van der Waals surface area (Å²) in [6.45, 7) is 0. The van der Waals surface area contributed by atoms with Gasteiger partial charge < -0.3 is 4.90 Å². The molecule has 0 unspecified atom stereocenters. The maximum atomic E-state index is 4.27. The molecule has 1 aromatic heterocycles. The van der Waals surface area contributed by atoms with Crippen LogP contribution in [-0.4, -0.2) is 24.3 Å². The molecule has 1 N–H and O–H groups in total. The third kappa shape index (κ3) is 1.47. The Balaban J connectivity index is 2.27. The summed E-state index contributed by atoms with van der Waals surface area (Å²) in [4.78, 5) is 2.02. The summed E-state index contributed by atoms with van der Waals surface area (Å²) in [7, 11) is 4.01. The molecule has 1 aliphatic carbocycles. The highest BCUT2D eigenvalue weighted by molar-refractivity contribution is 9.10. The van der Waals surface area contributed by atoms with Gasteiger partial charge in [-0.15, -0.1) is 0 Å². The summed E-state index contributed by atoms with van der Waals surface area (Å²) < 4.78 is 1.14. The number of nitrogens with one attached hydrogen (secondary N) is 1. The van der Waals surface area contributed by atoms with Gasteiger partial charge in [0.05, 0.1) is 10.2 Å². The average molecular weight is 244 g/mol. The number of H-pyrrole nitrogens is 1. The Kier molecular flexibility index (Phi) is 2.32. The maximum absolute atomic E-state index is 4.27. The van der Waals surface area contributed by atoms with E-state index in [1.54, 1.807) is 0 Å². The Morgan fingerprint density at radius 3 is 2.54 bits per heavy atom. The number of rotatable bonds is 2. The zero-order valence-corrected chi connectivity index (χ0v) is 9.56. The summed E-state index contributed by atoms with van der Waals surface area (Å²) in [6.07, 6.45) is 3.95. The quantitative estimate of drug-likeness (QED) is 0.866. The predicted octanol–water partition coefficient (Wildman–Crippen LogP) is 2.51. The number of aromatic nitrogens is 2. The Bertz CT molecular complexity index is 302. The molecular weight excluding hydrogens is 230 g/mol. The van der Waals surface area contributed by atoms with Gasteiger partial charge in [0.15, 0.2) is 5.82 Å². The molecule has 1 heterocycles. The van der Waals surface area contributed by atoms with Gasteiger partial charge in [0.2, 0.25) is 0 Å². The third-order valence-corrected chi connectivity index (χ3v) is 3.43. The van der Waals surface area contributed by atoms with Gasteiger partial charge in [-0.05, 0) is 28.8 Å². The number of anilines is 1. The molecule has 0 aromatic carbocycles. The third-order valence-electron chi connectivity index (χ3n) is 2.65. The van der Waals surface area contributed by atoms with Crippen molar-refractivity contribution in [2.45, 2.75) is 25.2 Å². The van der Waals surface area contributed by atoms with E-state index in [1.807, 2.05) is 19.0 Å². The molecule has 1 saturated carbocycles. The molecule has 0 bridgehead atoms. The van der Waals surface area contributed by atoms with E-state index < -0.39 is 0 Å². The van der Waals surface area contributed by atoms with Gasteiger partial charge in [-0.25, -0.2) is 0 Å². The summed E-state index contributed by atoms with van der Waals surface area (Å²) in [6, 6.07) is 0. The fraction of sp³-hybridized carbons (Fsp3) is 0.667. The molecule has 1 aliphatic rings. The van der Waals surface area contributed by atoms with Crippen LogP contribution in [0.25, 0.3) is 0 Å². The molecule has 0 radical (unpaired) electrons. The van der Waals surface area contributed by atoms with E-state index in [1.165, 1.54) is 25.0 Å². The standard InChI is InChI=1S/C9H14BrN3/c1-13(2)9-7(10)8(11-12-9)6-4-3-5-6/h6H,3-5H2,1-2H3,(H,11,12). The van der Waals surface area contributed by atoms with E-state index in [-0.39, 0.29) is 0 Å². The molecule has 2 rings (SSSR count). The molecule has 0 aliphatic heterocycles. The number of nitrogens with zero attached hydrogens (tertiary/aromatic N) is 2. The van der Waals surface area contributed by atoms with Gasteiger partial charge in [-0.3, -0.25) is 5.10 Å². The average Bonchev–Trinajstić information content (AvgIpc) is 2.29. The van der Waals surface area contributed by atoms with Crippen molar-refractivity contribution in [3.05, 3.63) is 10.2 Å². The van der Waals surface area contributed by atoms with Gasteiger partial charge in [0, 0.05) is 20.0 Å². The van der Waals surface area contributed by atoms with Crippen molar-refractivity contribution < 1.29 is 0 Å². The van der Waals surface area contributed by atoms with Crippen molar-refractivity contribution in [3.63, 3.8) is 0 Å². The first-order chi connectivity index (χ1) is 6.20. The van der Waals surface area contributed by atoms with Crippen LogP contribution in [0.15, 0.2) is 4.47 Å². The lowest BCUT2D eigenvalue weighted by molar-refractivity contribution is 0.409. The minimum absolute atomic E-state index is 0.704. The lowest BCUT2D eigenvalue weighted by Gasteiger charge is -2.24. The topological polar surface area (TPSA) is 31.9 Å². The molecule has 3 nitrogen and oxygen atoms in total. The number of halogens is 1. The molecule has 0 atom stereocenters. The largest absolute Gasteiger partial charge is 0.360 e. The van der Waals surface area contributed by atoms with E-state index in [4.69, 9.17) is 0 Å². The SMILES string of the molecule is CN(C)c1n[nH]c(C2CCC2)c1Br. The highest BCUT2D eigenvalue weighted by Crippen LogP contribution is 2.41. The first-order valence-corrected chi connectivity index (χ1v) is 5.40. The summed E-state index contributed by atoms with van der Waals surface area (Å²) in [5.41, 5.74) is 1.27. The van der Waals surface area contributed by atoms with Crippen LogP contribution in [0.3, 0.4) is 0 Å². The zero-order chi connectivity index (χ0) is 9.42. The molecular formula is C9H14BrN3. The van der Waals surface area contributed by atoms with E-state index in [0.717, 1.165) is 10.3 Å². The van der Waals surface area contributed by atoms with Crippen LogP contribution in [-0.2, 0) is 0 Å². The van der Waals surface area contributed by atoms with Gasteiger partial charge in [-0.2, -0.15) is 5.10 Å². The first kappa shape index (κ1) is 9.06. The minimum atomic E-state index is 0.704. The van der Waals surface area contributed by atoms with Crippen LogP contribution in [0.1, 0.15) is 30.9 Å². The normalized spacial score (nSPS) is 17.2. The van der Waals surface area contributed by atoms with Crippen molar-refractivity contribution in [2.75, 3.05) is 19.0 Å². The monoisotopic (exact) mass is 243 g/mol. The molecule has 4 heteroatoms. The summed E-state index contributed by atoms with van der Waals surface area (Å²) >= 11 is 3.59. The highest BCUT2D eigenvalue weighted by atomic mass is 79.9. The lowest BCUT2D eigenvalue weighted by Crippen LogP contribution is -2.11. The Morgan fingerprint density at radius 2 is 2.15 bits per heavy atom. The smallest absolute Gasteiger partial charge is 0.164 e. The predicted molar refractivity (Wildman–Crippen MR) is 57.2 cm³/mol. The molecule has 13 heavy (non-hydrogen) atoms. The van der Waals surface area contributed by atoms with Crippen molar-refractivity contribution >= 4 is 21.7 Å². The fourth-order valence-corrected chi connectivity index (χ4v) is 2.45. The Hall–Kier alpha value is -0.510. The lowest BCUT2D eigenvalue weighted by atomic mass is 9.83. The summed E-state index contributed by atoms with van der Waals surface area (Å²) in [5.74, 6) is 1.71. The van der Waals surface area contributed by atoms with Crippen molar-refractivity contribution in [2.24, 2.45) is 0 Å². The second-order valence-electron chi connectivity index (χ2n) is 3.80. The number of aromatic amines is 1. The summed E-state index contributed by atoms with van der Waals surface area (Å²) in [5, 5.41) is 7.39. The van der Waals surface area contributed by atoms with Crippen molar-refractivity contribution in [1.82, 2.24) is 10.2 Å². The van der Waals surface area contributed by atoms with Crippen molar-refractivity contribution in [1.29, 1.82) is 0 Å². The van der Waals surface area contributed by atoms with Crippen LogP contribution >= 0.6 is 15.9 Å². The second kappa shape index (κ2) is 3.33.